The molecule has 0 aliphatic heterocycles. The third-order valence-electron chi connectivity index (χ3n) is 2.56. The van der Waals surface area contributed by atoms with E-state index in [2.05, 4.69) is 5.32 Å². The van der Waals surface area contributed by atoms with E-state index in [0.29, 0.717) is 14.9 Å². The van der Waals surface area contributed by atoms with Crippen LogP contribution in [0.15, 0.2) is 30.3 Å². The Morgan fingerprint density at radius 3 is 2.61 bits per heavy atom. The van der Waals surface area contributed by atoms with Crippen molar-refractivity contribution < 1.29 is 4.39 Å². The van der Waals surface area contributed by atoms with Crippen molar-refractivity contribution in [3.8, 4) is 0 Å². The van der Waals surface area contributed by atoms with Crippen molar-refractivity contribution in [3.63, 3.8) is 0 Å². The molecule has 0 saturated carbocycles. The van der Waals surface area contributed by atoms with Crippen LogP contribution in [-0.4, -0.2) is 6.54 Å². The van der Waals surface area contributed by atoms with Gasteiger partial charge in [-0.15, -0.1) is 11.3 Å². The summed E-state index contributed by atoms with van der Waals surface area (Å²) in [6.45, 7) is 2.72. The number of benzene rings is 1. The van der Waals surface area contributed by atoms with E-state index in [-0.39, 0.29) is 11.9 Å². The SMILES string of the molecule is CCNC(c1ccc(Cl)s1)c1ccc(Cl)cc1F. The summed E-state index contributed by atoms with van der Waals surface area (Å²) in [6.07, 6.45) is 0. The van der Waals surface area contributed by atoms with E-state index < -0.39 is 0 Å². The smallest absolute Gasteiger partial charge is 0.129 e. The molecule has 1 N–H and O–H groups in total. The molecular weight excluding hydrogens is 292 g/mol. The lowest BCUT2D eigenvalue weighted by Crippen LogP contribution is -2.22. The molecule has 96 valence electrons. The first-order valence-electron chi connectivity index (χ1n) is 5.55. The predicted molar refractivity (Wildman–Crippen MR) is 76.3 cm³/mol. The van der Waals surface area contributed by atoms with Crippen LogP contribution in [0.4, 0.5) is 4.39 Å². The van der Waals surface area contributed by atoms with Gasteiger partial charge in [-0.1, -0.05) is 36.2 Å². The quantitative estimate of drug-likeness (QED) is 0.847. The molecule has 0 aliphatic rings. The Morgan fingerprint density at radius 1 is 1.28 bits per heavy atom. The number of rotatable bonds is 4. The van der Waals surface area contributed by atoms with Crippen molar-refractivity contribution in [2.75, 3.05) is 6.54 Å². The van der Waals surface area contributed by atoms with Gasteiger partial charge < -0.3 is 5.32 Å². The maximum atomic E-state index is 14.0. The van der Waals surface area contributed by atoms with Gasteiger partial charge in [0.2, 0.25) is 0 Å². The first-order valence-corrected chi connectivity index (χ1v) is 7.12. The van der Waals surface area contributed by atoms with Gasteiger partial charge in [0, 0.05) is 15.5 Å². The standard InChI is InChI=1S/C13H12Cl2FNS/c1-2-17-13(11-5-6-12(15)18-11)9-4-3-8(14)7-10(9)16/h3-7,13,17H,2H2,1H3. The van der Waals surface area contributed by atoms with E-state index in [1.165, 1.54) is 17.4 Å². The maximum Gasteiger partial charge on any atom is 0.129 e. The minimum absolute atomic E-state index is 0.190. The highest BCUT2D eigenvalue weighted by atomic mass is 35.5. The van der Waals surface area contributed by atoms with Crippen LogP contribution in [0.3, 0.4) is 0 Å². The molecule has 18 heavy (non-hydrogen) atoms. The summed E-state index contributed by atoms with van der Waals surface area (Å²) >= 11 is 13.1. The van der Waals surface area contributed by atoms with Crippen LogP contribution in [0.2, 0.25) is 9.36 Å². The zero-order chi connectivity index (χ0) is 13.1. The lowest BCUT2D eigenvalue weighted by molar-refractivity contribution is 0.563. The van der Waals surface area contributed by atoms with Crippen LogP contribution in [0.25, 0.3) is 0 Å². The molecule has 0 saturated heterocycles. The van der Waals surface area contributed by atoms with Crippen LogP contribution in [0, 0.1) is 5.82 Å². The minimum atomic E-state index is -0.307. The highest BCUT2D eigenvalue weighted by Crippen LogP contribution is 2.32. The van der Waals surface area contributed by atoms with E-state index in [1.54, 1.807) is 12.1 Å². The van der Waals surface area contributed by atoms with Gasteiger partial charge in [0.15, 0.2) is 0 Å². The first-order chi connectivity index (χ1) is 8.61. The van der Waals surface area contributed by atoms with Crippen LogP contribution in [0.5, 0.6) is 0 Å². The second-order valence-corrected chi connectivity index (χ2v) is 5.98. The third kappa shape index (κ3) is 3.04. The number of hydrogen-bond donors (Lipinski definition) is 1. The summed E-state index contributed by atoms with van der Waals surface area (Å²) in [5.41, 5.74) is 0.583. The highest BCUT2D eigenvalue weighted by molar-refractivity contribution is 7.16. The van der Waals surface area contributed by atoms with Gasteiger partial charge in [0.25, 0.3) is 0 Å². The molecule has 2 aromatic rings. The van der Waals surface area contributed by atoms with Crippen molar-refractivity contribution in [2.24, 2.45) is 0 Å². The summed E-state index contributed by atoms with van der Waals surface area (Å²) in [7, 11) is 0. The van der Waals surface area contributed by atoms with Gasteiger partial charge in [-0.2, -0.15) is 0 Å². The first kappa shape index (κ1) is 13.8. The van der Waals surface area contributed by atoms with E-state index in [1.807, 2.05) is 19.1 Å². The molecule has 0 amide bonds. The summed E-state index contributed by atoms with van der Waals surface area (Å²) in [6, 6.07) is 8.27. The average molecular weight is 304 g/mol. The molecular formula is C13H12Cl2FNS. The monoisotopic (exact) mass is 303 g/mol. The molecule has 2 rings (SSSR count). The van der Waals surface area contributed by atoms with Crippen LogP contribution < -0.4 is 5.32 Å². The van der Waals surface area contributed by atoms with Crippen molar-refractivity contribution in [1.29, 1.82) is 0 Å². The minimum Gasteiger partial charge on any atom is -0.306 e. The Balaban J connectivity index is 2.41. The van der Waals surface area contributed by atoms with E-state index >= 15 is 0 Å². The Hall–Kier alpha value is -0.610. The topological polar surface area (TPSA) is 12.0 Å². The second kappa shape index (κ2) is 6.02. The second-order valence-electron chi connectivity index (χ2n) is 3.80. The maximum absolute atomic E-state index is 14.0. The molecule has 1 unspecified atom stereocenters. The molecule has 0 spiro atoms. The average Bonchev–Trinajstić information content (AvgIpc) is 2.73. The zero-order valence-corrected chi connectivity index (χ0v) is 12.0. The predicted octanol–water partition coefficient (Wildman–Crippen LogP) is 4.89. The Morgan fingerprint density at radius 2 is 2.06 bits per heavy atom. The van der Waals surface area contributed by atoms with Gasteiger partial charge in [-0.3, -0.25) is 0 Å². The number of thiophene rings is 1. The van der Waals surface area contributed by atoms with E-state index in [9.17, 15) is 4.39 Å². The molecule has 1 nitrogen and oxygen atoms in total. The van der Waals surface area contributed by atoms with Gasteiger partial charge >= 0.3 is 0 Å². The third-order valence-corrected chi connectivity index (χ3v) is 4.09. The summed E-state index contributed by atoms with van der Waals surface area (Å²) < 4.78 is 14.7. The lowest BCUT2D eigenvalue weighted by atomic mass is 10.0. The fraction of sp³-hybridized carbons (Fsp3) is 0.231. The normalized spacial score (nSPS) is 12.7. The van der Waals surface area contributed by atoms with E-state index in [0.717, 1.165) is 11.4 Å². The summed E-state index contributed by atoms with van der Waals surface area (Å²) in [4.78, 5) is 0.989. The van der Waals surface area contributed by atoms with Crippen LogP contribution in [0.1, 0.15) is 23.4 Å². The summed E-state index contributed by atoms with van der Waals surface area (Å²) in [5.74, 6) is -0.307. The van der Waals surface area contributed by atoms with Gasteiger partial charge in [0.1, 0.15) is 5.82 Å². The Labute approximate surface area is 120 Å². The number of halogens is 3. The molecule has 0 aliphatic carbocycles. The van der Waals surface area contributed by atoms with Gasteiger partial charge in [0.05, 0.1) is 10.4 Å². The van der Waals surface area contributed by atoms with Gasteiger partial charge in [-0.05, 0) is 30.8 Å². The van der Waals surface area contributed by atoms with Crippen molar-refractivity contribution in [3.05, 3.63) is 55.9 Å². The van der Waals surface area contributed by atoms with Gasteiger partial charge in [-0.25, -0.2) is 4.39 Å². The molecule has 0 radical (unpaired) electrons. The van der Waals surface area contributed by atoms with Crippen molar-refractivity contribution >= 4 is 34.5 Å². The zero-order valence-electron chi connectivity index (χ0n) is 9.71. The Kier molecular flexibility index (Phi) is 4.62. The van der Waals surface area contributed by atoms with Crippen LogP contribution >= 0.6 is 34.5 Å². The van der Waals surface area contributed by atoms with Crippen LogP contribution in [-0.2, 0) is 0 Å². The molecule has 1 atom stereocenters. The number of hydrogen-bond acceptors (Lipinski definition) is 2. The molecule has 1 aromatic heterocycles. The van der Waals surface area contributed by atoms with Crippen molar-refractivity contribution in [2.45, 2.75) is 13.0 Å². The number of nitrogens with one attached hydrogen (secondary N) is 1. The lowest BCUT2D eigenvalue weighted by Gasteiger charge is -2.17. The fourth-order valence-electron chi connectivity index (χ4n) is 1.79. The molecule has 1 heterocycles. The van der Waals surface area contributed by atoms with E-state index in [4.69, 9.17) is 23.2 Å². The fourth-order valence-corrected chi connectivity index (χ4v) is 3.10. The van der Waals surface area contributed by atoms with Crippen molar-refractivity contribution in [1.82, 2.24) is 5.32 Å². The Bertz CT molecular complexity index is 542. The molecule has 0 bridgehead atoms. The largest absolute Gasteiger partial charge is 0.306 e. The molecule has 0 fully saturated rings. The molecule has 5 heteroatoms. The summed E-state index contributed by atoms with van der Waals surface area (Å²) in [5, 5.41) is 3.66. The molecule has 1 aromatic carbocycles. The highest BCUT2D eigenvalue weighted by Gasteiger charge is 2.18.